The summed E-state index contributed by atoms with van der Waals surface area (Å²) < 4.78 is 5.44. The number of carbonyl (C=O) groups excluding carboxylic acids is 1. The van der Waals surface area contributed by atoms with Crippen molar-refractivity contribution in [1.82, 2.24) is 0 Å². The summed E-state index contributed by atoms with van der Waals surface area (Å²) in [5, 5.41) is 10.7. The second-order valence-corrected chi connectivity index (χ2v) is 6.30. The number of ether oxygens (including phenoxy) is 1. The molecule has 18 heavy (non-hydrogen) atoms. The molecule has 0 radical (unpaired) electrons. The Labute approximate surface area is 108 Å². The Morgan fingerprint density at radius 1 is 1.39 bits per heavy atom. The molecule has 3 atom stereocenters. The van der Waals surface area contributed by atoms with Gasteiger partial charge in [-0.3, -0.25) is 0 Å². The van der Waals surface area contributed by atoms with E-state index < -0.39 is 17.7 Å². The van der Waals surface area contributed by atoms with E-state index in [1.54, 1.807) is 0 Å². The number of hydrogen-bond donors (Lipinski definition) is 1. The molecule has 0 aromatic heterocycles. The minimum absolute atomic E-state index is 0.0874. The zero-order valence-electron chi connectivity index (χ0n) is 11.1. The van der Waals surface area contributed by atoms with E-state index in [0.29, 0.717) is 6.42 Å². The van der Waals surface area contributed by atoms with Crippen LogP contribution in [0.2, 0.25) is 0 Å². The molecule has 98 valence electrons. The topological polar surface area (TPSA) is 46.5 Å². The zero-order chi connectivity index (χ0) is 13.1. The molecule has 3 nitrogen and oxygen atoms in total. The van der Waals surface area contributed by atoms with Crippen LogP contribution < -0.4 is 0 Å². The molecule has 2 fully saturated rings. The molecule has 1 heterocycles. The van der Waals surface area contributed by atoms with Crippen molar-refractivity contribution in [2.75, 3.05) is 0 Å². The van der Waals surface area contributed by atoms with Crippen LogP contribution in [-0.4, -0.2) is 22.8 Å². The molecule has 1 N–H and O–H groups in total. The van der Waals surface area contributed by atoms with Gasteiger partial charge in [-0.05, 0) is 50.0 Å². The van der Waals surface area contributed by atoms with E-state index in [1.807, 2.05) is 0 Å². The van der Waals surface area contributed by atoms with Gasteiger partial charge in [0, 0.05) is 0 Å². The highest BCUT2D eigenvalue weighted by molar-refractivity contribution is 5.93. The molecule has 1 saturated carbocycles. The number of fused-ring (bicyclic) bond motifs is 3. The largest absolute Gasteiger partial charge is 0.451 e. The fourth-order valence-electron chi connectivity index (χ4n) is 3.98. The van der Waals surface area contributed by atoms with Crippen molar-refractivity contribution in [3.8, 4) is 0 Å². The zero-order valence-corrected chi connectivity index (χ0v) is 11.1. The average molecular weight is 248 g/mol. The lowest BCUT2D eigenvalue weighted by atomic mass is 9.59. The maximum atomic E-state index is 11.7. The minimum Gasteiger partial charge on any atom is -0.451 e. The van der Waals surface area contributed by atoms with E-state index in [0.717, 1.165) is 24.8 Å². The van der Waals surface area contributed by atoms with Gasteiger partial charge in [0.1, 0.15) is 5.60 Å². The molecule has 0 unspecified atom stereocenters. The van der Waals surface area contributed by atoms with E-state index in [-0.39, 0.29) is 11.0 Å². The summed E-state index contributed by atoms with van der Waals surface area (Å²) in [6, 6.07) is 0. The van der Waals surface area contributed by atoms with Crippen molar-refractivity contribution in [2.24, 2.45) is 5.41 Å². The molecular weight excluding hydrogens is 228 g/mol. The van der Waals surface area contributed by atoms with Crippen LogP contribution in [0.4, 0.5) is 0 Å². The average Bonchev–Trinajstić information content (AvgIpc) is 2.53. The number of carbonyl (C=O) groups is 1. The fraction of sp³-hybridized carbons (Fsp3) is 0.667. The quantitative estimate of drug-likeness (QED) is 0.407. The first-order valence-electron chi connectivity index (χ1n) is 6.71. The monoisotopic (exact) mass is 248 g/mol. The molecule has 0 amide bonds. The number of allylic oxidation sites excluding steroid dienone is 1. The Morgan fingerprint density at radius 2 is 2.11 bits per heavy atom. The lowest BCUT2D eigenvalue weighted by molar-refractivity contribution is -0.141. The van der Waals surface area contributed by atoms with Gasteiger partial charge in [-0.25, -0.2) is 4.79 Å². The Balaban J connectivity index is 2.13. The van der Waals surface area contributed by atoms with Crippen LogP contribution >= 0.6 is 0 Å². The predicted molar refractivity (Wildman–Crippen MR) is 67.9 cm³/mol. The fourth-order valence-corrected chi connectivity index (χ4v) is 3.98. The molecule has 1 aliphatic heterocycles. The Bertz CT molecular complexity index is 476. The minimum atomic E-state index is -1.16. The van der Waals surface area contributed by atoms with Crippen molar-refractivity contribution in [1.29, 1.82) is 0 Å². The number of rotatable bonds is 0. The maximum absolute atomic E-state index is 11.7. The lowest BCUT2D eigenvalue weighted by Crippen LogP contribution is -2.50. The second-order valence-electron chi connectivity index (χ2n) is 6.30. The molecule has 0 aromatic carbocycles. The standard InChI is InChI=1S/C15H20O3/c1-9-5-4-6-14(3)7-8-15(17)10(2)13(16)18-12(15)11(9)14/h12,17H,2,4-8H2,1,3H3/t12-,14-,15-/m0/s1. The van der Waals surface area contributed by atoms with Gasteiger partial charge < -0.3 is 9.84 Å². The van der Waals surface area contributed by atoms with Gasteiger partial charge in [0.2, 0.25) is 0 Å². The van der Waals surface area contributed by atoms with Crippen molar-refractivity contribution in [2.45, 2.75) is 57.7 Å². The van der Waals surface area contributed by atoms with Gasteiger partial charge in [-0.15, -0.1) is 0 Å². The van der Waals surface area contributed by atoms with Crippen molar-refractivity contribution in [3.05, 3.63) is 23.3 Å². The molecule has 1 saturated heterocycles. The summed E-state index contributed by atoms with van der Waals surface area (Å²) in [6.45, 7) is 8.07. The van der Waals surface area contributed by atoms with E-state index in [2.05, 4.69) is 20.4 Å². The van der Waals surface area contributed by atoms with Crippen LogP contribution in [0, 0.1) is 5.41 Å². The Hall–Kier alpha value is -1.09. The van der Waals surface area contributed by atoms with Gasteiger partial charge >= 0.3 is 5.97 Å². The smallest absolute Gasteiger partial charge is 0.337 e. The van der Waals surface area contributed by atoms with Crippen LogP contribution in [0.3, 0.4) is 0 Å². The van der Waals surface area contributed by atoms with Gasteiger partial charge in [-0.1, -0.05) is 19.1 Å². The maximum Gasteiger partial charge on any atom is 0.337 e. The first kappa shape index (κ1) is 12.0. The SMILES string of the molecule is C=C1C(=O)O[C@H]2C3=C(C)CCC[C@@]3(C)CC[C@]12O. The van der Waals surface area contributed by atoms with E-state index in [4.69, 9.17) is 4.74 Å². The number of aliphatic hydroxyl groups is 1. The lowest BCUT2D eigenvalue weighted by Gasteiger charge is -2.48. The Kier molecular flexibility index (Phi) is 2.31. The summed E-state index contributed by atoms with van der Waals surface area (Å²) in [7, 11) is 0. The summed E-state index contributed by atoms with van der Waals surface area (Å²) in [6.07, 6.45) is 4.35. The number of hydrogen-bond acceptors (Lipinski definition) is 3. The van der Waals surface area contributed by atoms with Gasteiger partial charge in [0.05, 0.1) is 5.57 Å². The third-order valence-electron chi connectivity index (χ3n) is 5.14. The highest BCUT2D eigenvalue weighted by Crippen LogP contribution is 2.56. The summed E-state index contributed by atoms with van der Waals surface area (Å²) in [5.41, 5.74) is 1.61. The van der Waals surface area contributed by atoms with Crippen molar-refractivity contribution >= 4 is 5.97 Å². The third kappa shape index (κ3) is 1.31. The van der Waals surface area contributed by atoms with E-state index >= 15 is 0 Å². The van der Waals surface area contributed by atoms with Crippen molar-refractivity contribution in [3.63, 3.8) is 0 Å². The van der Waals surface area contributed by atoms with Gasteiger partial charge in [0.15, 0.2) is 6.10 Å². The normalized spacial score (nSPS) is 43.6. The van der Waals surface area contributed by atoms with Crippen LogP contribution in [0.25, 0.3) is 0 Å². The predicted octanol–water partition coefficient (Wildman–Crippen LogP) is 2.50. The van der Waals surface area contributed by atoms with Crippen LogP contribution in [-0.2, 0) is 9.53 Å². The molecule has 3 rings (SSSR count). The molecule has 0 spiro atoms. The Morgan fingerprint density at radius 3 is 2.83 bits per heavy atom. The molecule has 2 aliphatic carbocycles. The molecule has 3 aliphatic rings. The highest BCUT2D eigenvalue weighted by atomic mass is 16.6. The molecule has 3 heteroatoms. The van der Waals surface area contributed by atoms with Gasteiger partial charge in [-0.2, -0.15) is 0 Å². The van der Waals surface area contributed by atoms with E-state index in [1.165, 1.54) is 12.0 Å². The summed E-state index contributed by atoms with van der Waals surface area (Å²) >= 11 is 0. The second kappa shape index (κ2) is 3.47. The molecule has 0 aromatic rings. The summed E-state index contributed by atoms with van der Waals surface area (Å²) in [4.78, 5) is 11.7. The first-order chi connectivity index (χ1) is 8.38. The van der Waals surface area contributed by atoms with Crippen LogP contribution in [0.15, 0.2) is 23.3 Å². The van der Waals surface area contributed by atoms with Gasteiger partial charge in [0.25, 0.3) is 0 Å². The van der Waals surface area contributed by atoms with Crippen molar-refractivity contribution < 1.29 is 14.6 Å². The molecule has 0 bridgehead atoms. The number of esters is 1. The van der Waals surface area contributed by atoms with Crippen LogP contribution in [0.5, 0.6) is 0 Å². The summed E-state index contributed by atoms with van der Waals surface area (Å²) in [5.74, 6) is -0.433. The molecular formula is C15H20O3. The third-order valence-corrected chi connectivity index (χ3v) is 5.14. The van der Waals surface area contributed by atoms with E-state index in [9.17, 15) is 9.90 Å². The van der Waals surface area contributed by atoms with Crippen LogP contribution in [0.1, 0.15) is 46.0 Å². The highest BCUT2D eigenvalue weighted by Gasteiger charge is 2.59. The first-order valence-corrected chi connectivity index (χ1v) is 6.71.